The third kappa shape index (κ3) is 7.38. The van der Waals surface area contributed by atoms with Crippen LogP contribution in [0.15, 0.2) is 235 Å². The van der Waals surface area contributed by atoms with Gasteiger partial charge in [0, 0.05) is 22.3 Å². The molecule has 11 rings (SSSR count). The molecule has 0 N–H and O–H groups in total. The van der Waals surface area contributed by atoms with E-state index in [1.165, 1.54) is 0 Å². The summed E-state index contributed by atoms with van der Waals surface area (Å²) in [5.41, 5.74) is 18.3. The van der Waals surface area contributed by atoms with Crippen LogP contribution in [0.25, 0.3) is 112 Å². The van der Waals surface area contributed by atoms with Gasteiger partial charge < -0.3 is 4.42 Å². The average Bonchev–Trinajstić information content (AvgIpc) is 3.88. The van der Waals surface area contributed by atoms with E-state index in [1.54, 1.807) is 0 Å². The molecule has 0 radical (unpaired) electrons. The van der Waals surface area contributed by atoms with Gasteiger partial charge in [0.1, 0.15) is 0 Å². The van der Waals surface area contributed by atoms with Gasteiger partial charge in [0.25, 0.3) is 0 Å². The predicted molar refractivity (Wildman–Crippen MR) is 256 cm³/mol. The number of nitrogens with zero attached hydrogens (tertiary/aromatic N) is 4. The van der Waals surface area contributed by atoms with Crippen molar-refractivity contribution in [3.05, 3.63) is 231 Å². The zero-order valence-electron chi connectivity index (χ0n) is 34.1. The minimum atomic E-state index is 0.485. The van der Waals surface area contributed by atoms with Crippen molar-refractivity contribution in [1.82, 2.24) is 20.2 Å². The second-order valence-corrected chi connectivity index (χ2v) is 15.4. The Bertz CT molecular complexity index is 3350. The van der Waals surface area contributed by atoms with Crippen molar-refractivity contribution >= 4 is 11.0 Å². The Balaban J connectivity index is 1.04. The fourth-order valence-electron chi connectivity index (χ4n) is 8.38. The Morgan fingerprint density at radius 2 is 0.540 bits per heavy atom. The van der Waals surface area contributed by atoms with Crippen molar-refractivity contribution in [3.63, 3.8) is 0 Å². The van der Waals surface area contributed by atoms with Gasteiger partial charge in [-0.15, -0.1) is 10.2 Å². The Hall–Kier alpha value is -8.54. The van der Waals surface area contributed by atoms with Crippen molar-refractivity contribution in [2.24, 2.45) is 0 Å². The van der Waals surface area contributed by atoms with Crippen LogP contribution in [0.3, 0.4) is 0 Å². The first kappa shape index (κ1) is 37.5. The summed E-state index contributed by atoms with van der Waals surface area (Å²) < 4.78 is 6.02. The van der Waals surface area contributed by atoms with Crippen LogP contribution in [-0.4, -0.2) is 20.2 Å². The molecule has 63 heavy (non-hydrogen) atoms. The number of aromatic nitrogens is 4. The van der Waals surface area contributed by atoms with Crippen molar-refractivity contribution in [3.8, 4) is 101 Å². The van der Waals surface area contributed by atoms with Crippen LogP contribution in [0.5, 0.6) is 0 Å². The summed E-state index contributed by atoms with van der Waals surface area (Å²) in [5, 5.41) is 8.58. The first-order chi connectivity index (χ1) is 31.2. The van der Waals surface area contributed by atoms with E-state index in [4.69, 9.17) is 14.4 Å². The highest BCUT2D eigenvalue weighted by molar-refractivity contribution is 6.01. The number of hydrogen-bond acceptors (Lipinski definition) is 5. The lowest BCUT2D eigenvalue weighted by Gasteiger charge is -2.19. The Morgan fingerprint density at radius 3 is 0.968 bits per heavy atom. The molecular weight excluding hydrogens is 769 g/mol. The molecule has 0 bridgehead atoms. The van der Waals surface area contributed by atoms with E-state index in [0.717, 1.165) is 100 Å². The summed E-state index contributed by atoms with van der Waals surface area (Å²) in [6, 6.07) is 80.0. The molecule has 9 aromatic carbocycles. The van der Waals surface area contributed by atoms with Crippen LogP contribution >= 0.6 is 0 Å². The van der Waals surface area contributed by atoms with Gasteiger partial charge >= 0.3 is 0 Å². The molecule has 11 aromatic rings. The van der Waals surface area contributed by atoms with Crippen LogP contribution < -0.4 is 0 Å². The molecule has 2 heterocycles. The SMILES string of the molecule is c1ccc(-c2nnc(-c3ccc(-c4ccc(-c5nc6cc(-c7ccccc7-c7ccccc7)c(-c7ccccc7-c7ccccc7)cc6nc5-c5ccccc5)cc4)cc3)o2)cc1. The summed E-state index contributed by atoms with van der Waals surface area (Å²) in [5.74, 6) is 0.984. The van der Waals surface area contributed by atoms with Crippen LogP contribution in [-0.2, 0) is 0 Å². The molecular formula is C58H38N4O. The van der Waals surface area contributed by atoms with Crippen molar-refractivity contribution in [2.45, 2.75) is 0 Å². The quantitative estimate of drug-likeness (QED) is 0.145. The molecule has 0 atom stereocenters. The summed E-state index contributed by atoms with van der Waals surface area (Å²) in [7, 11) is 0. The monoisotopic (exact) mass is 806 g/mol. The Morgan fingerprint density at radius 1 is 0.238 bits per heavy atom. The van der Waals surface area contributed by atoms with E-state index in [1.807, 2.05) is 48.5 Å². The zero-order valence-corrected chi connectivity index (χ0v) is 34.1. The fraction of sp³-hybridized carbons (Fsp3) is 0. The van der Waals surface area contributed by atoms with Crippen LogP contribution in [0, 0.1) is 0 Å². The van der Waals surface area contributed by atoms with Crippen LogP contribution in [0.4, 0.5) is 0 Å². The van der Waals surface area contributed by atoms with E-state index in [9.17, 15) is 0 Å². The molecule has 0 saturated carbocycles. The van der Waals surface area contributed by atoms with E-state index in [2.05, 4.69) is 192 Å². The van der Waals surface area contributed by atoms with Gasteiger partial charge in [-0.05, 0) is 92.0 Å². The smallest absolute Gasteiger partial charge is 0.248 e. The first-order valence-electron chi connectivity index (χ1n) is 21.0. The standard InChI is InChI=1S/C58H38N4O/c1-5-17-41(18-6-1)47-25-13-15-27-49(47)51-37-53-54(38-52(51)50-28-16-14-26-48(50)42-19-7-2-8-20-42)60-56(55(59-53)43-21-9-3-10-22-43)44-33-29-39(30-34-44)40-31-35-46(36-32-40)58-62-61-57(63-58)45-23-11-4-12-24-45/h1-38H. The highest BCUT2D eigenvalue weighted by Gasteiger charge is 2.20. The molecule has 5 nitrogen and oxygen atoms in total. The maximum Gasteiger partial charge on any atom is 0.248 e. The molecule has 0 aliphatic carbocycles. The maximum atomic E-state index is 6.02. The van der Waals surface area contributed by atoms with Gasteiger partial charge in [-0.2, -0.15) is 0 Å². The van der Waals surface area contributed by atoms with Gasteiger partial charge in [-0.25, -0.2) is 9.97 Å². The second-order valence-electron chi connectivity index (χ2n) is 15.4. The number of hydrogen-bond donors (Lipinski definition) is 0. The highest BCUT2D eigenvalue weighted by Crippen LogP contribution is 2.44. The molecule has 0 fully saturated rings. The van der Waals surface area contributed by atoms with Gasteiger partial charge in [-0.3, -0.25) is 0 Å². The fourth-order valence-corrected chi connectivity index (χ4v) is 8.38. The van der Waals surface area contributed by atoms with Gasteiger partial charge in [0.2, 0.25) is 11.8 Å². The van der Waals surface area contributed by atoms with Crippen molar-refractivity contribution in [1.29, 1.82) is 0 Å². The molecule has 0 amide bonds. The lowest BCUT2D eigenvalue weighted by Crippen LogP contribution is -1.98. The largest absolute Gasteiger partial charge is 0.416 e. The van der Waals surface area contributed by atoms with E-state index >= 15 is 0 Å². The molecule has 0 saturated heterocycles. The summed E-state index contributed by atoms with van der Waals surface area (Å²) in [6.07, 6.45) is 0. The maximum absolute atomic E-state index is 6.02. The molecule has 5 heteroatoms. The molecule has 0 spiro atoms. The lowest BCUT2D eigenvalue weighted by molar-refractivity contribution is 0.584. The molecule has 0 aliphatic rings. The average molecular weight is 807 g/mol. The number of fused-ring (bicyclic) bond motifs is 1. The minimum absolute atomic E-state index is 0.485. The van der Waals surface area contributed by atoms with Crippen molar-refractivity contribution in [2.75, 3.05) is 0 Å². The third-order valence-electron chi connectivity index (χ3n) is 11.5. The molecule has 2 aromatic heterocycles. The summed E-state index contributed by atoms with van der Waals surface area (Å²) in [6.45, 7) is 0. The van der Waals surface area contributed by atoms with Gasteiger partial charge in [-0.1, -0.05) is 194 Å². The number of benzene rings is 9. The Labute approximate surface area is 365 Å². The van der Waals surface area contributed by atoms with E-state index in [0.29, 0.717) is 11.8 Å². The van der Waals surface area contributed by atoms with Crippen LogP contribution in [0.1, 0.15) is 0 Å². The molecule has 0 unspecified atom stereocenters. The number of rotatable bonds is 9. The predicted octanol–water partition coefficient (Wildman–Crippen LogP) is 15.0. The highest BCUT2D eigenvalue weighted by atomic mass is 16.4. The Kier molecular flexibility index (Phi) is 9.80. The van der Waals surface area contributed by atoms with Crippen molar-refractivity contribution < 1.29 is 4.42 Å². The van der Waals surface area contributed by atoms with Crippen LogP contribution in [0.2, 0.25) is 0 Å². The second kappa shape index (κ2) is 16.5. The van der Waals surface area contributed by atoms with Gasteiger partial charge in [0.05, 0.1) is 22.4 Å². The zero-order chi connectivity index (χ0) is 42.0. The normalized spacial score (nSPS) is 11.2. The first-order valence-corrected chi connectivity index (χ1v) is 21.0. The summed E-state index contributed by atoms with van der Waals surface area (Å²) in [4.78, 5) is 11.0. The van der Waals surface area contributed by atoms with E-state index in [-0.39, 0.29) is 0 Å². The van der Waals surface area contributed by atoms with E-state index < -0.39 is 0 Å². The molecule has 296 valence electrons. The molecule has 0 aliphatic heterocycles. The third-order valence-corrected chi connectivity index (χ3v) is 11.5. The summed E-state index contributed by atoms with van der Waals surface area (Å²) >= 11 is 0. The topological polar surface area (TPSA) is 64.7 Å². The minimum Gasteiger partial charge on any atom is -0.416 e. The lowest BCUT2D eigenvalue weighted by atomic mass is 9.86. The van der Waals surface area contributed by atoms with Gasteiger partial charge in [0.15, 0.2) is 0 Å².